The number of carbonyl (C=O) groups is 1. The van der Waals surface area contributed by atoms with E-state index in [-0.39, 0.29) is 12.4 Å². The smallest absolute Gasteiger partial charge is 0.315 e. The molecule has 3 aromatic rings. The van der Waals surface area contributed by atoms with Crippen molar-refractivity contribution in [3.63, 3.8) is 0 Å². The van der Waals surface area contributed by atoms with Crippen molar-refractivity contribution in [3.8, 4) is 11.5 Å². The van der Waals surface area contributed by atoms with E-state index < -0.39 is 0 Å². The molecule has 118 valence electrons. The van der Waals surface area contributed by atoms with E-state index in [0.717, 1.165) is 16.8 Å². The monoisotopic (exact) mass is 311 g/mol. The van der Waals surface area contributed by atoms with Crippen LogP contribution in [0.2, 0.25) is 0 Å². The van der Waals surface area contributed by atoms with Gasteiger partial charge in [-0.25, -0.2) is 4.98 Å². The molecule has 0 aliphatic carbocycles. The molecule has 0 unspecified atom stereocenters. The summed E-state index contributed by atoms with van der Waals surface area (Å²) in [6.45, 7) is 4.32. The summed E-state index contributed by atoms with van der Waals surface area (Å²) in [6.07, 6.45) is 0.194. The Morgan fingerprint density at radius 3 is 2.61 bits per heavy atom. The topological polar surface area (TPSA) is 61.6 Å². The molecular formula is C18H17NO4. The zero-order valence-electron chi connectivity index (χ0n) is 13.0. The lowest BCUT2D eigenvalue weighted by atomic mass is 10.1. The van der Waals surface area contributed by atoms with Gasteiger partial charge in [0.2, 0.25) is 0 Å². The number of aromatic nitrogens is 1. The number of ether oxygens (including phenoxy) is 2. The fraction of sp³-hybridized carbons (Fsp3) is 0.222. The Bertz CT molecular complexity index is 821. The first kappa shape index (κ1) is 15.1. The van der Waals surface area contributed by atoms with Gasteiger partial charge >= 0.3 is 5.97 Å². The van der Waals surface area contributed by atoms with Crippen LogP contribution in [-0.2, 0) is 11.2 Å². The summed E-state index contributed by atoms with van der Waals surface area (Å²) in [4.78, 5) is 16.2. The number of aryl methyl sites for hydroxylation is 1. The SMILES string of the molecule is CCOc1ccc(CC(=O)Oc2ccc3nc(C)oc3c2)cc1. The molecule has 0 aliphatic heterocycles. The Kier molecular flexibility index (Phi) is 4.28. The highest BCUT2D eigenvalue weighted by molar-refractivity contribution is 5.78. The largest absolute Gasteiger partial charge is 0.494 e. The second-order valence-electron chi connectivity index (χ2n) is 5.09. The van der Waals surface area contributed by atoms with Crippen LogP contribution in [0.5, 0.6) is 11.5 Å². The Morgan fingerprint density at radius 2 is 1.87 bits per heavy atom. The van der Waals surface area contributed by atoms with Gasteiger partial charge in [-0.1, -0.05) is 12.1 Å². The standard InChI is InChI=1S/C18H17NO4/c1-3-21-14-6-4-13(5-7-14)10-18(20)23-15-8-9-16-17(11-15)22-12(2)19-16/h4-9,11H,3,10H2,1-2H3. The summed E-state index contributed by atoms with van der Waals surface area (Å²) < 4.78 is 16.2. The van der Waals surface area contributed by atoms with Gasteiger partial charge < -0.3 is 13.9 Å². The van der Waals surface area contributed by atoms with Crippen LogP contribution in [0, 0.1) is 6.92 Å². The molecule has 0 radical (unpaired) electrons. The van der Waals surface area contributed by atoms with E-state index in [4.69, 9.17) is 13.9 Å². The zero-order chi connectivity index (χ0) is 16.2. The van der Waals surface area contributed by atoms with Crippen LogP contribution in [0.1, 0.15) is 18.4 Å². The number of hydrogen-bond donors (Lipinski definition) is 0. The van der Waals surface area contributed by atoms with Crippen molar-refractivity contribution in [1.82, 2.24) is 4.98 Å². The normalized spacial score (nSPS) is 10.7. The highest BCUT2D eigenvalue weighted by Gasteiger charge is 2.09. The zero-order valence-corrected chi connectivity index (χ0v) is 13.0. The molecule has 1 aromatic heterocycles. The molecule has 0 bridgehead atoms. The third-order valence-corrected chi connectivity index (χ3v) is 3.28. The summed E-state index contributed by atoms with van der Waals surface area (Å²) in [7, 11) is 0. The van der Waals surface area contributed by atoms with Crippen LogP contribution in [0.25, 0.3) is 11.1 Å². The molecule has 3 rings (SSSR count). The average molecular weight is 311 g/mol. The quantitative estimate of drug-likeness (QED) is 0.531. The third-order valence-electron chi connectivity index (χ3n) is 3.28. The highest BCUT2D eigenvalue weighted by atomic mass is 16.5. The number of fused-ring (bicyclic) bond motifs is 1. The lowest BCUT2D eigenvalue weighted by Crippen LogP contribution is -2.11. The molecule has 5 heteroatoms. The van der Waals surface area contributed by atoms with Gasteiger partial charge in [0.1, 0.15) is 17.0 Å². The fourth-order valence-corrected chi connectivity index (χ4v) is 2.29. The number of rotatable bonds is 5. The van der Waals surface area contributed by atoms with Crippen molar-refractivity contribution in [2.75, 3.05) is 6.61 Å². The Morgan fingerprint density at radius 1 is 1.13 bits per heavy atom. The maximum atomic E-state index is 12.0. The predicted octanol–water partition coefficient (Wildman–Crippen LogP) is 3.68. The lowest BCUT2D eigenvalue weighted by Gasteiger charge is -2.06. The second-order valence-corrected chi connectivity index (χ2v) is 5.09. The summed E-state index contributed by atoms with van der Waals surface area (Å²) in [5.41, 5.74) is 2.22. The van der Waals surface area contributed by atoms with Crippen molar-refractivity contribution in [3.05, 3.63) is 53.9 Å². The van der Waals surface area contributed by atoms with E-state index >= 15 is 0 Å². The van der Waals surface area contributed by atoms with Crippen molar-refractivity contribution >= 4 is 17.1 Å². The Labute approximate surface area is 133 Å². The van der Waals surface area contributed by atoms with E-state index in [1.165, 1.54) is 0 Å². The van der Waals surface area contributed by atoms with Crippen molar-refractivity contribution in [1.29, 1.82) is 0 Å². The molecule has 0 fully saturated rings. The highest BCUT2D eigenvalue weighted by Crippen LogP contribution is 2.22. The van der Waals surface area contributed by atoms with Crippen molar-refractivity contribution in [2.24, 2.45) is 0 Å². The first-order valence-corrected chi connectivity index (χ1v) is 7.43. The minimum atomic E-state index is -0.329. The average Bonchev–Trinajstić information content (AvgIpc) is 2.89. The van der Waals surface area contributed by atoms with Crippen LogP contribution >= 0.6 is 0 Å². The van der Waals surface area contributed by atoms with Gasteiger partial charge in [-0.05, 0) is 36.8 Å². The van der Waals surface area contributed by atoms with Gasteiger partial charge in [0, 0.05) is 13.0 Å². The van der Waals surface area contributed by atoms with Gasteiger partial charge in [-0.3, -0.25) is 4.79 Å². The maximum absolute atomic E-state index is 12.0. The van der Waals surface area contributed by atoms with Gasteiger partial charge in [-0.2, -0.15) is 0 Å². The summed E-state index contributed by atoms with van der Waals surface area (Å²) >= 11 is 0. The molecular weight excluding hydrogens is 294 g/mol. The third kappa shape index (κ3) is 3.69. The molecule has 0 spiro atoms. The minimum Gasteiger partial charge on any atom is -0.494 e. The molecule has 0 amide bonds. The van der Waals surface area contributed by atoms with E-state index in [2.05, 4.69) is 4.98 Å². The Balaban J connectivity index is 1.65. The first-order valence-electron chi connectivity index (χ1n) is 7.43. The van der Waals surface area contributed by atoms with Crippen LogP contribution in [0.15, 0.2) is 46.9 Å². The van der Waals surface area contributed by atoms with E-state index in [9.17, 15) is 4.79 Å². The van der Waals surface area contributed by atoms with Crippen LogP contribution in [-0.4, -0.2) is 17.6 Å². The van der Waals surface area contributed by atoms with Gasteiger partial charge in [0.15, 0.2) is 11.5 Å². The molecule has 1 heterocycles. The van der Waals surface area contributed by atoms with Crippen LogP contribution < -0.4 is 9.47 Å². The van der Waals surface area contributed by atoms with E-state index in [0.29, 0.717) is 23.8 Å². The first-order chi connectivity index (χ1) is 11.1. The number of oxazole rings is 1. The van der Waals surface area contributed by atoms with Crippen LogP contribution in [0.4, 0.5) is 0 Å². The predicted molar refractivity (Wildman–Crippen MR) is 85.7 cm³/mol. The molecule has 5 nitrogen and oxygen atoms in total. The van der Waals surface area contributed by atoms with Crippen LogP contribution in [0.3, 0.4) is 0 Å². The minimum absolute atomic E-state index is 0.194. The molecule has 0 aliphatic rings. The summed E-state index contributed by atoms with van der Waals surface area (Å²) in [5, 5.41) is 0. The van der Waals surface area contributed by atoms with E-state index in [1.54, 1.807) is 25.1 Å². The lowest BCUT2D eigenvalue weighted by molar-refractivity contribution is -0.133. The second kappa shape index (κ2) is 6.52. The molecule has 0 saturated carbocycles. The molecule has 23 heavy (non-hydrogen) atoms. The van der Waals surface area contributed by atoms with Crippen molar-refractivity contribution in [2.45, 2.75) is 20.3 Å². The van der Waals surface area contributed by atoms with E-state index in [1.807, 2.05) is 31.2 Å². The molecule has 0 N–H and O–H groups in total. The number of benzene rings is 2. The fourth-order valence-electron chi connectivity index (χ4n) is 2.29. The maximum Gasteiger partial charge on any atom is 0.315 e. The Hall–Kier alpha value is -2.82. The molecule has 0 atom stereocenters. The van der Waals surface area contributed by atoms with Crippen molar-refractivity contribution < 1.29 is 18.7 Å². The number of nitrogens with zero attached hydrogens (tertiary/aromatic N) is 1. The van der Waals surface area contributed by atoms with Gasteiger partial charge in [0.25, 0.3) is 0 Å². The number of hydrogen-bond acceptors (Lipinski definition) is 5. The summed E-state index contributed by atoms with van der Waals surface area (Å²) in [5.74, 6) is 1.49. The number of carbonyl (C=O) groups excluding carboxylic acids is 1. The molecule has 0 saturated heterocycles. The molecule has 2 aromatic carbocycles. The van der Waals surface area contributed by atoms with Gasteiger partial charge in [0.05, 0.1) is 13.0 Å². The number of esters is 1. The van der Waals surface area contributed by atoms with Gasteiger partial charge in [-0.15, -0.1) is 0 Å². The summed E-state index contributed by atoms with van der Waals surface area (Å²) in [6, 6.07) is 12.5.